The van der Waals surface area contributed by atoms with Crippen LogP contribution in [0.25, 0.3) is 0 Å². The normalized spacial score (nSPS) is 21.9. The van der Waals surface area contributed by atoms with Gasteiger partial charge < -0.3 is 20.3 Å². The largest absolute Gasteiger partial charge is 0.377 e. The molecule has 180 valence electrons. The first-order valence-electron chi connectivity index (χ1n) is 11.9. The van der Waals surface area contributed by atoms with Gasteiger partial charge in [0, 0.05) is 45.1 Å². The topological polar surface area (TPSA) is 66.0 Å². The first-order valence-corrected chi connectivity index (χ1v) is 11.9. The average molecular weight is 557 g/mol. The van der Waals surface area contributed by atoms with Gasteiger partial charge in [-0.05, 0) is 42.7 Å². The van der Waals surface area contributed by atoms with Crippen LogP contribution in [-0.2, 0) is 22.6 Å². The third kappa shape index (κ3) is 7.61. The maximum absolute atomic E-state index is 12.0. The molecule has 0 radical (unpaired) electrons. The summed E-state index contributed by atoms with van der Waals surface area (Å²) in [5, 5.41) is 6.94. The number of rotatable bonds is 7. The number of hydrogen-bond donors (Lipinski definition) is 2. The molecule has 2 aliphatic heterocycles. The van der Waals surface area contributed by atoms with Crippen molar-refractivity contribution in [3.05, 3.63) is 35.4 Å². The quantitative estimate of drug-likeness (QED) is 0.298. The zero-order valence-electron chi connectivity index (χ0n) is 20.2. The van der Waals surface area contributed by atoms with E-state index in [1.165, 1.54) is 17.5 Å². The number of likely N-dealkylation sites (tertiary alicyclic amines) is 1. The molecular weight excluding hydrogens is 515 g/mol. The summed E-state index contributed by atoms with van der Waals surface area (Å²) in [7, 11) is 0. The van der Waals surface area contributed by atoms with Gasteiger partial charge in [0.25, 0.3) is 0 Å². The molecule has 0 bridgehead atoms. The second kappa shape index (κ2) is 12.8. The fraction of sp³-hybridized carbons (Fsp3) is 0.680. The van der Waals surface area contributed by atoms with Gasteiger partial charge in [0.1, 0.15) is 0 Å². The number of halogens is 1. The van der Waals surface area contributed by atoms with Crippen LogP contribution in [0.3, 0.4) is 0 Å². The van der Waals surface area contributed by atoms with Gasteiger partial charge in [-0.15, -0.1) is 24.0 Å². The van der Waals surface area contributed by atoms with E-state index in [0.29, 0.717) is 25.4 Å². The van der Waals surface area contributed by atoms with Crippen molar-refractivity contribution in [1.29, 1.82) is 0 Å². The summed E-state index contributed by atoms with van der Waals surface area (Å²) in [4.78, 5) is 18.9. The van der Waals surface area contributed by atoms with Crippen LogP contribution in [-0.4, -0.2) is 49.1 Å². The van der Waals surface area contributed by atoms with E-state index in [0.717, 1.165) is 45.0 Å². The van der Waals surface area contributed by atoms with Gasteiger partial charge >= 0.3 is 0 Å². The van der Waals surface area contributed by atoms with Crippen LogP contribution in [0.2, 0.25) is 0 Å². The van der Waals surface area contributed by atoms with E-state index in [4.69, 9.17) is 9.73 Å². The van der Waals surface area contributed by atoms with E-state index >= 15 is 0 Å². The van der Waals surface area contributed by atoms with E-state index in [2.05, 4.69) is 50.5 Å². The molecule has 1 aromatic rings. The van der Waals surface area contributed by atoms with Crippen molar-refractivity contribution in [2.75, 3.05) is 26.2 Å². The third-order valence-electron chi connectivity index (χ3n) is 6.23. The molecule has 2 atom stereocenters. The van der Waals surface area contributed by atoms with Gasteiger partial charge in [0.05, 0.1) is 12.6 Å². The van der Waals surface area contributed by atoms with Crippen molar-refractivity contribution in [1.82, 2.24) is 15.5 Å². The lowest BCUT2D eigenvalue weighted by Gasteiger charge is -2.40. The van der Waals surface area contributed by atoms with E-state index < -0.39 is 0 Å². The van der Waals surface area contributed by atoms with Crippen molar-refractivity contribution in [3.63, 3.8) is 0 Å². The molecule has 2 aliphatic rings. The molecule has 0 spiro atoms. The van der Waals surface area contributed by atoms with Gasteiger partial charge in [0.2, 0.25) is 5.91 Å². The van der Waals surface area contributed by atoms with E-state index in [-0.39, 0.29) is 41.4 Å². The second-order valence-electron chi connectivity index (χ2n) is 9.82. The second-order valence-corrected chi connectivity index (χ2v) is 9.82. The van der Waals surface area contributed by atoms with Crippen LogP contribution in [0, 0.1) is 11.3 Å². The number of hydrogen-bond acceptors (Lipinski definition) is 3. The Hall–Kier alpha value is -1.35. The first-order chi connectivity index (χ1) is 14.9. The predicted octanol–water partition coefficient (Wildman–Crippen LogP) is 4.32. The smallest absolute Gasteiger partial charge is 0.222 e. The minimum Gasteiger partial charge on any atom is -0.377 e. The van der Waals surface area contributed by atoms with Crippen molar-refractivity contribution in [2.24, 2.45) is 16.3 Å². The Morgan fingerprint density at radius 2 is 1.94 bits per heavy atom. The van der Waals surface area contributed by atoms with Gasteiger partial charge in [-0.25, -0.2) is 4.99 Å². The number of guanidine groups is 1. The minimum absolute atomic E-state index is 0. The van der Waals surface area contributed by atoms with Gasteiger partial charge in [-0.3, -0.25) is 4.79 Å². The maximum Gasteiger partial charge on any atom is 0.222 e. The first kappa shape index (κ1) is 26.9. The van der Waals surface area contributed by atoms with E-state index in [1.54, 1.807) is 0 Å². The summed E-state index contributed by atoms with van der Waals surface area (Å²) in [5.41, 5.74) is 2.49. The number of ether oxygens (including phenoxy) is 1. The third-order valence-corrected chi connectivity index (χ3v) is 6.23. The SMILES string of the molecule is CCNC(=NCc1ccccc1CN1CCCC1=O)NCC1CCCOC1C(C)(C)C.I. The Morgan fingerprint density at radius 3 is 2.59 bits per heavy atom. The summed E-state index contributed by atoms with van der Waals surface area (Å²) in [6.07, 6.45) is 4.20. The summed E-state index contributed by atoms with van der Waals surface area (Å²) < 4.78 is 6.13. The van der Waals surface area contributed by atoms with Crippen molar-refractivity contribution in [3.8, 4) is 0 Å². The number of nitrogens with one attached hydrogen (secondary N) is 2. The minimum atomic E-state index is 0. The standard InChI is InChI=1S/C25H40N4O2.HI/c1-5-26-24(28-17-20-12-9-15-31-23(20)25(2,3)4)27-16-19-10-6-7-11-21(19)18-29-14-8-13-22(29)30;/h6-7,10-11,20,23H,5,8-9,12-18H2,1-4H3,(H2,26,27,28);1H. The molecule has 3 rings (SSSR count). The Kier molecular flexibility index (Phi) is 10.7. The summed E-state index contributed by atoms with van der Waals surface area (Å²) in [6.45, 7) is 13.6. The van der Waals surface area contributed by atoms with Crippen LogP contribution in [0.5, 0.6) is 0 Å². The highest BCUT2D eigenvalue weighted by Crippen LogP contribution is 2.33. The average Bonchev–Trinajstić information content (AvgIpc) is 3.15. The van der Waals surface area contributed by atoms with Crippen LogP contribution >= 0.6 is 24.0 Å². The summed E-state index contributed by atoms with van der Waals surface area (Å²) in [6, 6.07) is 8.33. The number of aliphatic imine (C=N–C) groups is 1. The molecule has 0 aromatic heterocycles. The summed E-state index contributed by atoms with van der Waals surface area (Å²) >= 11 is 0. The lowest BCUT2D eigenvalue weighted by molar-refractivity contribution is -0.128. The Morgan fingerprint density at radius 1 is 1.19 bits per heavy atom. The van der Waals surface area contributed by atoms with Crippen molar-refractivity contribution < 1.29 is 9.53 Å². The maximum atomic E-state index is 12.0. The molecule has 1 amide bonds. The Balaban J connectivity index is 0.00000363. The zero-order chi connectivity index (χ0) is 22.3. The molecule has 0 saturated carbocycles. The monoisotopic (exact) mass is 556 g/mol. The number of carbonyl (C=O) groups excluding carboxylic acids is 1. The van der Waals surface area contributed by atoms with Gasteiger partial charge in [-0.1, -0.05) is 45.0 Å². The van der Waals surface area contributed by atoms with Crippen molar-refractivity contribution >= 4 is 35.8 Å². The zero-order valence-corrected chi connectivity index (χ0v) is 22.5. The molecule has 2 fully saturated rings. The molecular formula is C25H41IN4O2. The molecule has 2 unspecified atom stereocenters. The lowest BCUT2D eigenvalue weighted by Crippen LogP contribution is -2.47. The highest BCUT2D eigenvalue weighted by molar-refractivity contribution is 14.0. The van der Waals surface area contributed by atoms with Crippen LogP contribution < -0.4 is 10.6 Å². The predicted molar refractivity (Wildman–Crippen MR) is 141 cm³/mol. The molecule has 2 saturated heterocycles. The van der Waals surface area contributed by atoms with Crippen LogP contribution in [0.4, 0.5) is 0 Å². The molecule has 2 heterocycles. The molecule has 32 heavy (non-hydrogen) atoms. The Bertz CT molecular complexity index is 763. The van der Waals surface area contributed by atoms with E-state index in [1.807, 2.05) is 17.0 Å². The fourth-order valence-electron chi connectivity index (χ4n) is 4.69. The molecule has 7 heteroatoms. The van der Waals surface area contributed by atoms with Crippen LogP contribution in [0.1, 0.15) is 64.5 Å². The number of amides is 1. The van der Waals surface area contributed by atoms with Gasteiger partial charge in [-0.2, -0.15) is 0 Å². The van der Waals surface area contributed by atoms with Crippen molar-refractivity contribution in [2.45, 2.75) is 72.6 Å². The fourth-order valence-corrected chi connectivity index (χ4v) is 4.69. The van der Waals surface area contributed by atoms with Gasteiger partial charge in [0.15, 0.2) is 5.96 Å². The molecule has 1 aromatic carbocycles. The number of carbonyl (C=O) groups is 1. The highest BCUT2D eigenvalue weighted by Gasteiger charge is 2.35. The highest BCUT2D eigenvalue weighted by atomic mass is 127. The molecule has 6 nitrogen and oxygen atoms in total. The van der Waals surface area contributed by atoms with E-state index in [9.17, 15) is 4.79 Å². The molecule has 0 aliphatic carbocycles. The molecule has 2 N–H and O–H groups in total. The Labute approximate surface area is 211 Å². The number of benzene rings is 1. The lowest BCUT2D eigenvalue weighted by atomic mass is 9.78. The van der Waals surface area contributed by atoms with Crippen LogP contribution in [0.15, 0.2) is 29.3 Å². The number of nitrogens with zero attached hydrogens (tertiary/aromatic N) is 2. The summed E-state index contributed by atoms with van der Waals surface area (Å²) in [5.74, 6) is 1.58.